The molecule has 9 nitrogen and oxygen atoms in total. The first-order valence-corrected chi connectivity index (χ1v) is 8.77. The van der Waals surface area contributed by atoms with E-state index in [0.717, 1.165) is 10.4 Å². The van der Waals surface area contributed by atoms with Crippen molar-refractivity contribution < 1.29 is 14.2 Å². The van der Waals surface area contributed by atoms with E-state index in [1.54, 1.807) is 23.9 Å². The van der Waals surface area contributed by atoms with Gasteiger partial charge in [0.2, 0.25) is 12.5 Å². The molecule has 0 N–H and O–H groups in total. The van der Waals surface area contributed by atoms with Gasteiger partial charge in [0, 0.05) is 5.56 Å². The van der Waals surface area contributed by atoms with Gasteiger partial charge in [-0.1, -0.05) is 18.2 Å². The summed E-state index contributed by atoms with van der Waals surface area (Å²) in [5, 5.41) is 8.90. The number of methoxy groups -OCH3 is 1. The topological polar surface area (TPSA) is 92.8 Å². The molecule has 4 aromatic rings. The van der Waals surface area contributed by atoms with Crippen molar-refractivity contribution in [2.45, 2.75) is 0 Å². The third kappa shape index (κ3) is 2.89. The Morgan fingerprint density at radius 3 is 2.90 bits per heavy atom. The maximum Gasteiger partial charge on any atom is 0.285 e. The van der Waals surface area contributed by atoms with E-state index in [0.29, 0.717) is 33.8 Å². The zero-order chi connectivity index (χ0) is 19.8. The van der Waals surface area contributed by atoms with E-state index in [1.165, 1.54) is 18.7 Å². The standard InChI is InChI=1S/C20H15N5O4/c1-27-16-7-13(8-17-18(16)29-12-28-17)9-22-24-11-21-19-15(20(24)26)10-23-25(19)14-5-3-2-4-6-14/h2-11H,12H2,1H3/b22-9-. The van der Waals surface area contributed by atoms with Gasteiger partial charge >= 0.3 is 0 Å². The molecule has 2 aromatic heterocycles. The van der Waals surface area contributed by atoms with Crippen LogP contribution >= 0.6 is 0 Å². The Morgan fingerprint density at radius 1 is 1.21 bits per heavy atom. The van der Waals surface area contributed by atoms with Crippen LogP contribution in [0.25, 0.3) is 16.7 Å². The van der Waals surface area contributed by atoms with Gasteiger partial charge in [0.25, 0.3) is 5.56 Å². The molecule has 29 heavy (non-hydrogen) atoms. The number of benzene rings is 2. The predicted molar refractivity (Wildman–Crippen MR) is 105 cm³/mol. The van der Waals surface area contributed by atoms with Crippen LogP contribution in [0, 0.1) is 0 Å². The van der Waals surface area contributed by atoms with Gasteiger partial charge in [0.05, 0.1) is 25.2 Å². The third-order valence-corrected chi connectivity index (χ3v) is 4.48. The molecule has 2 aromatic carbocycles. The molecule has 0 aliphatic carbocycles. The summed E-state index contributed by atoms with van der Waals surface area (Å²) in [7, 11) is 1.55. The second-order valence-corrected chi connectivity index (χ2v) is 6.23. The van der Waals surface area contributed by atoms with Gasteiger partial charge in [-0.25, -0.2) is 9.67 Å². The van der Waals surface area contributed by atoms with E-state index in [1.807, 2.05) is 30.3 Å². The normalized spacial score (nSPS) is 12.7. The summed E-state index contributed by atoms with van der Waals surface area (Å²) in [5.41, 5.74) is 1.67. The molecule has 3 heterocycles. The number of para-hydroxylation sites is 1. The van der Waals surface area contributed by atoms with E-state index < -0.39 is 0 Å². The van der Waals surface area contributed by atoms with Crippen LogP contribution in [0.5, 0.6) is 17.2 Å². The van der Waals surface area contributed by atoms with E-state index in [-0.39, 0.29) is 12.4 Å². The van der Waals surface area contributed by atoms with Crippen LogP contribution < -0.4 is 19.8 Å². The van der Waals surface area contributed by atoms with Crippen molar-refractivity contribution >= 4 is 17.2 Å². The Balaban J connectivity index is 1.52. The lowest BCUT2D eigenvalue weighted by molar-refractivity contribution is 0.171. The minimum absolute atomic E-state index is 0.137. The number of rotatable bonds is 4. The zero-order valence-electron chi connectivity index (χ0n) is 15.3. The molecule has 0 fully saturated rings. The molecule has 0 atom stereocenters. The van der Waals surface area contributed by atoms with E-state index in [2.05, 4.69) is 15.2 Å². The summed E-state index contributed by atoms with van der Waals surface area (Å²) in [5.74, 6) is 1.65. The van der Waals surface area contributed by atoms with Gasteiger partial charge in [-0.15, -0.1) is 0 Å². The van der Waals surface area contributed by atoms with E-state index >= 15 is 0 Å². The quantitative estimate of drug-likeness (QED) is 0.497. The highest BCUT2D eigenvalue weighted by atomic mass is 16.7. The Hall–Kier alpha value is -4.14. The Kier molecular flexibility index (Phi) is 3.98. The zero-order valence-corrected chi connectivity index (χ0v) is 15.3. The first-order chi connectivity index (χ1) is 14.2. The second kappa shape index (κ2) is 6.79. The molecule has 0 saturated heterocycles. The number of ether oxygens (including phenoxy) is 3. The lowest BCUT2D eigenvalue weighted by Crippen LogP contribution is -2.17. The van der Waals surface area contributed by atoms with Gasteiger partial charge in [0.15, 0.2) is 17.1 Å². The Morgan fingerprint density at radius 2 is 2.07 bits per heavy atom. The van der Waals surface area contributed by atoms with Crippen molar-refractivity contribution in [3.63, 3.8) is 0 Å². The summed E-state index contributed by atoms with van der Waals surface area (Å²) in [6.45, 7) is 0.137. The molecule has 1 aliphatic heterocycles. The summed E-state index contributed by atoms with van der Waals surface area (Å²) in [6.07, 6.45) is 4.39. The molecule has 1 aliphatic rings. The number of nitrogens with zero attached hydrogens (tertiary/aromatic N) is 5. The highest BCUT2D eigenvalue weighted by Gasteiger charge is 2.19. The summed E-state index contributed by atoms with van der Waals surface area (Å²) in [4.78, 5) is 17.2. The fourth-order valence-electron chi connectivity index (χ4n) is 3.10. The van der Waals surface area contributed by atoms with Crippen LogP contribution in [-0.4, -0.2) is 39.6 Å². The van der Waals surface area contributed by atoms with Crippen LogP contribution in [0.2, 0.25) is 0 Å². The molecular formula is C20H15N5O4. The molecule has 0 amide bonds. The molecule has 0 radical (unpaired) electrons. The molecule has 0 unspecified atom stereocenters. The third-order valence-electron chi connectivity index (χ3n) is 4.48. The highest BCUT2D eigenvalue weighted by molar-refractivity contribution is 5.82. The molecule has 0 bridgehead atoms. The SMILES string of the molecule is COc1cc(/C=N\n2cnc3c(cnn3-c3ccccc3)c2=O)cc2c1OCO2. The Bertz CT molecular complexity index is 1290. The average molecular weight is 389 g/mol. The lowest BCUT2D eigenvalue weighted by Gasteiger charge is -2.05. The average Bonchev–Trinajstić information content (AvgIpc) is 3.40. The first kappa shape index (κ1) is 17.0. The minimum Gasteiger partial charge on any atom is -0.493 e. The van der Waals surface area contributed by atoms with Crippen molar-refractivity contribution in [3.05, 3.63) is 70.9 Å². The smallest absolute Gasteiger partial charge is 0.285 e. The van der Waals surface area contributed by atoms with Crippen LogP contribution in [0.15, 0.2) is 64.9 Å². The molecule has 5 rings (SSSR count). The predicted octanol–water partition coefficient (Wildman–Crippen LogP) is 2.20. The van der Waals surface area contributed by atoms with Crippen molar-refractivity contribution in [1.29, 1.82) is 0 Å². The van der Waals surface area contributed by atoms with Crippen molar-refractivity contribution in [1.82, 2.24) is 19.4 Å². The van der Waals surface area contributed by atoms with Crippen molar-refractivity contribution in [2.24, 2.45) is 5.10 Å². The largest absolute Gasteiger partial charge is 0.493 e. The number of hydrogen-bond acceptors (Lipinski definition) is 7. The van der Waals surface area contributed by atoms with E-state index in [9.17, 15) is 4.79 Å². The monoisotopic (exact) mass is 389 g/mol. The fourth-order valence-corrected chi connectivity index (χ4v) is 3.10. The maximum absolute atomic E-state index is 12.8. The Labute approximate surface area is 164 Å². The van der Waals surface area contributed by atoms with Crippen LogP contribution in [0.1, 0.15) is 5.56 Å². The van der Waals surface area contributed by atoms with Gasteiger partial charge in [0.1, 0.15) is 11.7 Å². The van der Waals surface area contributed by atoms with Gasteiger partial charge < -0.3 is 14.2 Å². The fraction of sp³-hybridized carbons (Fsp3) is 0.100. The molecule has 0 saturated carbocycles. The molecule has 144 valence electrons. The summed E-state index contributed by atoms with van der Waals surface area (Å²) in [6, 6.07) is 13.0. The van der Waals surface area contributed by atoms with Gasteiger partial charge in [-0.05, 0) is 24.3 Å². The van der Waals surface area contributed by atoms with Crippen LogP contribution in [-0.2, 0) is 0 Å². The van der Waals surface area contributed by atoms with Crippen LogP contribution in [0.3, 0.4) is 0 Å². The van der Waals surface area contributed by atoms with Crippen LogP contribution in [0.4, 0.5) is 0 Å². The number of aromatic nitrogens is 4. The lowest BCUT2D eigenvalue weighted by atomic mass is 10.2. The van der Waals surface area contributed by atoms with E-state index in [4.69, 9.17) is 14.2 Å². The van der Waals surface area contributed by atoms with Gasteiger partial charge in [-0.2, -0.15) is 14.9 Å². The molecule has 0 spiro atoms. The molecular weight excluding hydrogens is 374 g/mol. The summed E-state index contributed by atoms with van der Waals surface area (Å²) >= 11 is 0. The summed E-state index contributed by atoms with van der Waals surface area (Å²) < 4.78 is 18.9. The minimum atomic E-state index is -0.318. The van der Waals surface area contributed by atoms with Crippen molar-refractivity contribution in [3.8, 4) is 22.9 Å². The second-order valence-electron chi connectivity index (χ2n) is 6.23. The number of hydrogen-bond donors (Lipinski definition) is 0. The number of fused-ring (bicyclic) bond motifs is 2. The highest BCUT2D eigenvalue weighted by Crippen LogP contribution is 2.41. The van der Waals surface area contributed by atoms with Crippen molar-refractivity contribution in [2.75, 3.05) is 13.9 Å². The molecule has 9 heteroatoms. The maximum atomic E-state index is 12.8. The first-order valence-electron chi connectivity index (χ1n) is 8.77. The van der Waals surface area contributed by atoms with Gasteiger partial charge in [-0.3, -0.25) is 4.79 Å².